The molecule has 0 spiro atoms. The van der Waals surface area contributed by atoms with Crippen LogP contribution in [0.15, 0.2) is 41.3 Å². The summed E-state index contributed by atoms with van der Waals surface area (Å²) in [7, 11) is 0. The molecule has 8 nitrogen and oxygen atoms in total. The average Bonchev–Trinajstić information content (AvgIpc) is 3.41. The van der Waals surface area contributed by atoms with Gasteiger partial charge in [-0.05, 0) is 37.0 Å². The molecule has 0 aliphatic carbocycles. The minimum absolute atomic E-state index is 0.0877. The smallest absolute Gasteiger partial charge is 0.352 e. The summed E-state index contributed by atoms with van der Waals surface area (Å²) in [5.74, 6) is 1.03. The monoisotopic (exact) mass is 364 g/mol. The van der Waals surface area contributed by atoms with Gasteiger partial charge in [0.25, 0.3) is 5.78 Å². The summed E-state index contributed by atoms with van der Waals surface area (Å²) >= 11 is 0. The quantitative estimate of drug-likeness (QED) is 0.695. The lowest BCUT2D eigenvalue weighted by Gasteiger charge is -2.16. The van der Waals surface area contributed by atoms with E-state index < -0.39 is 0 Å². The number of aromatic nitrogens is 4. The van der Waals surface area contributed by atoms with E-state index in [1.165, 1.54) is 9.08 Å². The molecule has 5 rings (SSSR count). The third-order valence-electron chi connectivity index (χ3n) is 5.34. The molecule has 1 amide bonds. The Labute approximate surface area is 155 Å². The number of hydrogen-bond acceptors (Lipinski definition) is 5. The summed E-state index contributed by atoms with van der Waals surface area (Å²) in [4.78, 5) is 33.8. The van der Waals surface area contributed by atoms with Crippen LogP contribution in [0.5, 0.6) is 0 Å². The number of fused-ring (bicyclic) bond motifs is 2. The molecule has 138 valence electrons. The molecule has 0 N–H and O–H groups in total. The van der Waals surface area contributed by atoms with Crippen molar-refractivity contribution in [2.45, 2.75) is 25.8 Å². The van der Waals surface area contributed by atoms with Gasteiger partial charge in [0, 0.05) is 31.5 Å². The van der Waals surface area contributed by atoms with Crippen molar-refractivity contribution in [3.05, 3.63) is 52.6 Å². The van der Waals surface area contributed by atoms with Gasteiger partial charge >= 0.3 is 5.69 Å². The van der Waals surface area contributed by atoms with Crippen molar-refractivity contribution < 1.29 is 4.79 Å². The Bertz CT molecular complexity index is 1080. The van der Waals surface area contributed by atoms with Gasteiger partial charge in [-0.1, -0.05) is 18.2 Å². The maximum Gasteiger partial charge on any atom is 0.352 e. The van der Waals surface area contributed by atoms with E-state index in [9.17, 15) is 9.59 Å². The van der Waals surface area contributed by atoms with Crippen molar-refractivity contribution in [3.63, 3.8) is 0 Å². The lowest BCUT2D eigenvalue weighted by atomic mass is 10.2. The number of carbonyl (C=O) groups excluding carboxylic acids is 1. The van der Waals surface area contributed by atoms with Crippen molar-refractivity contribution in [2.24, 2.45) is 0 Å². The summed E-state index contributed by atoms with van der Waals surface area (Å²) in [5.41, 5.74) is 1.74. The van der Waals surface area contributed by atoms with Crippen LogP contribution in [-0.2, 0) is 17.8 Å². The van der Waals surface area contributed by atoms with E-state index >= 15 is 0 Å². The second kappa shape index (κ2) is 6.22. The molecule has 0 radical (unpaired) electrons. The number of anilines is 2. The summed E-state index contributed by atoms with van der Waals surface area (Å²) in [6, 6.07) is 9.71. The van der Waals surface area contributed by atoms with Crippen LogP contribution in [0.25, 0.3) is 5.78 Å². The highest BCUT2D eigenvalue weighted by Crippen LogP contribution is 2.27. The van der Waals surface area contributed by atoms with Crippen molar-refractivity contribution in [2.75, 3.05) is 29.4 Å². The SMILES string of the molecule is O=C(Cn1nc2nc(N3CCCC3)ccn2c1=O)N1CCc2ccccc21. The van der Waals surface area contributed by atoms with Gasteiger partial charge in [-0.25, -0.2) is 13.9 Å². The number of nitrogens with zero attached hydrogens (tertiary/aromatic N) is 6. The second-order valence-corrected chi connectivity index (χ2v) is 7.01. The highest BCUT2D eigenvalue weighted by atomic mass is 16.2. The Morgan fingerprint density at radius 2 is 1.89 bits per heavy atom. The van der Waals surface area contributed by atoms with Crippen LogP contribution in [-0.4, -0.2) is 44.7 Å². The standard InChI is InChI=1S/C19H20N6O2/c26-17(23-11-7-14-5-1-2-6-15(14)23)13-25-19(27)24-12-8-16(20-18(24)21-25)22-9-3-4-10-22/h1-2,5-6,8,12H,3-4,7,9-11,13H2. The first-order chi connectivity index (χ1) is 13.2. The van der Waals surface area contributed by atoms with Gasteiger partial charge in [0.05, 0.1) is 0 Å². The summed E-state index contributed by atoms with van der Waals surface area (Å²) in [6.45, 7) is 2.50. The molecule has 1 aromatic carbocycles. The Kier molecular flexibility index (Phi) is 3.70. The van der Waals surface area contributed by atoms with E-state index in [2.05, 4.69) is 15.0 Å². The molecule has 8 heteroatoms. The fourth-order valence-corrected chi connectivity index (χ4v) is 3.93. The molecule has 2 aromatic heterocycles. The van der Waals surface area contributed by atoms with Gasteiger partial charge in [-0.3, -0.25) is 4.79 Å². The molecule has 2 aliphatic heterocycles. The van der Waals surface area contributed by atoms with Gasteiger partial charge in [0.1, 0.15) is 12.4 Å². The number of benzene rings is 1. The van der Waals surface area contributed by atoms with Crippen LogP contribution in [0.3, 0.4) is 0 Å². The van der Waals surface area contributed by atoms with Crippen LogP contribution in [0.4, 0.5) is 11.5 Å². The first-order valence-corrected chi connectivity index (χ1v) is 9.30. The Hall–Kier alpha value is -3.16. The molecule has 0 atom stereocenters. The van der Waals surface area contributed by atoms with Gasteiger partial charge in [0.2, 0.25) is 5.91 Å². The number of hydrogen-bond donors (Lipinski definition) is 0. The van der Waals surface area contributed by atoms with E-state index in [1.54, 1.807) is 11.1 Å². The maximum absolute atomic E-state index is 12.8. The van der Waals surface area contributed by atoms with Crippen LogP contribution in [0, 0.1) is 0 Å². The molecule has 4 heterocycles. The van der Waals surface area contributed by atoms with Gasteiger partial charge < -0.3 is 9.80 Å². The van der Waals surface area contributed by atoms with E-state index in [0.717, 1.165) is 49.4 Å². The summed E-state index contributed by atoms with van der Waals surface area (Å²) in [5, 5.41) is 4.29. The zero-order valence-electron chi connectivity index (χ0n) is 14.9. The fourth-order valence-electron chi connectivity index (χ4n) is 3.93. The molecule has 2 aliphatic rings. The van der Waals surface area contributed by atoms with E-state index in [0.29, 0.717) is 12.3 Å². The zero-order valence-corrected chi connectivity index (χ0v) is 14.9. The molecular formula is C19H20N6O2. The van der Waals surface area contributed by atoms with Crippen molar-refractivity contribution in [1.29, 1.82) is 0 Å². The molecule has 1 fully saturated rings. The van der Waals surface area contributed by atoms with Gasteiger partial charge in [0.15, 0.2) is 0 Å². The number of amides is 1. The maximum atomic E-state index is 12.8. The van der Waals surface area contributed by atoms with E-state index in [1.807, 2.05) is 30.3 Å². The number of para-hydroxylation sites is 1. The highest BCUT2D eigenvalue weighted by molar-refractivity contribution is 5.95. The molecule has 3 aromatic rings. The minimum Gasteiger partial charge on any atom is -0.356 e. The van der Waals surface area contributed by atoms with E-state index in [4.69, 9.17) is 0 Å². The number of carbonyl (C=O) groups is 1. The van der Waals surface area contributed by atoms with Crippen LogP contribution in [0.1, 0.15) is 18.4 Å². The third kappa shape index (κ3) is 2.68. The van der Waals surface area contributed by atoms with E-state index in [-0.39, 0.29) is 18.1 Å². The van der Waals surface area contributed by atoms with Gasteiger partial charge in [-0.2, -0.15) is 4.98 Å². The predicted octanol–water partition coefficient (Wildman–Crippen LogP) is 1.08. The molecule has 0 saturated carbocycles. The molecule has 1 saturated heterocycles. The first-order valence-electron chi connectivity index (χ1n) is 9.30. The average molecular weight is 364 g/mol. The van der Waals surface area contributed by atoms with Crippen LogP contribution >= 0.6 is 0 Å². The zero-order chi connectivity index (χ0) is 18.4. The summed E-state index contributed by atoms with van der Waals surface area (Å²) < 4.78 is 2.60. The predicted molar refractivity (Wildman–Crippen MR) is 101 cm³/mol. The Morgan fingerprint density at radius 1 is 1.07 bits per heavy atom. The van der Waals surface area contributed by atoms with Crippen molar-refractivity contribution in [1.82, 2.24) is 19.2 Å². The lowest BCUT2D eigenvalue weighted by molar-refractivity contribution is -0.119. The largest absolute Gasteiger partial charge is 0.356 e. The highest BCUT2D eigenvalue weighted by Gasteiger charge is 2.25. The molecular weight excluding hydrogens is 344 g/mol. The molecule has 0 bridgehead atoms. The fraction of sp³-hybridized carbons (Fsp3) is 0.368. The number of rotatable bonds is 3. The van der Waals surface area contributed by atoms with Crippen molar-refractivity contribution in [3.8, 4) is 0 Å². The Morgan fingerprint density at radius 3 is 2.74 bits per heavy atom. The molecule has 27 heavy (non-hydrogen) atoms. The van der Waals surface area contributed by atoms with Crippen LogP contribution < -0.4 is 15.5 Å². The van der Waals surface area contributed by atoms with Crippen molar-refractivity contribution >= 4 is 23.2 Å². The summed E-state index contributed by atoms with van der Waals surface area (Å²) in [6.07, 6.45) is 4.83. The topological polar surface area (TPSA) is 75.7 Å². The Balaban J connectivity index is 1.42. The van der Waals surface area contributed by atoms with Crippen LogP contribution in [0.2, 0.25) is 0 Å². The van der Waals surface area contributed by atoms with Gasteiger partial charge in [-0.15, -0.1) is 5.10 Å². The first kappa shape index (κ1) is 16.0. The lowest BCUT2D eigenvalue weighted by Crippen LogP contribution is -2.35. The minimum atomic E-state index is -0.341. The second-order valence-electron chi connectivity index (χ2n) is 7.01. The third-order valence-corrected chi connectivity index (χ3v) is 5.34. The molecule has 0 unspecified atom stereocenters. The normalized spacial score (nSPS) is 16.3.